The van der Waals surface area contributed by atoms with Gasteiger partial charge in [0.05, 0.1) is 16.9 Å². The summed E-state index contributed by atoms with van der Waals surface area (Å²) in [7, 11) is 2.09. The van der Waals surface area contributed by atoms with Gasteiger partial charge in [-0.25, -0.2) is 14.8 Å². The van der Waals surface area contributed by atoms with Crippen LogP contribution in [0.1, 0.15) is 30.1 Å². The van der Waals surface area contributed by atoms with E-state index in [-0.39, 0.29) is 17.5 Å². The second-order valence-corrected chi connectivity index (χ2v) is 11.2. The summed E-state index contributed by atoms with van der Waals surface area (Å²) in [4.78, 5) is 41.8. The molecule has 0 radical (unpaired) electrons. The van der Waals surface area contributed by atoms with E-state index in [1.165, 1.54) is 12.4 Å². The van der Waals surface area contributed by atoms with Crippen LogP contribution in [-0.4, -0.2) is 88.5 Å². The Bertz CT molecular complexity index is 1260. The summed E-state index contributed by atoms with van der Waals surface area (Å²) in [5.74, 6) is 0.135. The third kappa shape index (κ3) is 5.89. The monoisotopic (exact) mass is 534 g/mol. The Morgan fingerprint density at radius 2 is 1.68 bits per heavy atom. The number of nitrogens with one attached hydrogen (secondary N) is 2. The third-order valence-electron chi connectivity index (χ3n) is 7.35. The van der Waals surface area contributed by atoms with Crippen molar-refractivity contribution < 1.29 is 9.59 Å². The fraction of sp³-hybridized carbons (Fsp3) is 0.407. The van der Waals surface area contributed by atoms with Crippen LogP contribution >= 0.6 is 11.3 Å². The highest BCUT2D eigenvalue weighted by Crippen LogP contribution is 2.30. The van der Waals surface area contributed by atoms with Crippen molar-refractivity contribution in [2.75, 3.05) is 62.7 Å². The van der Waals surface area contributed by atoms with E-state index in [9.17, 15) is 9.59 Å². The molecule has 0 atom stereocenters. The fourth-order valence-corrected chi connectivity index (χ4v) is 5.47. The second-order valence-electron chi connectivity index (χ2n) is 10.3. The number of piperidine rings is 1. The number of nitrogens with two attached hydrogens (primary N) is 1. The lowest BCUT2D eigenvalue weighted by Gasteiger charge is -2.42. The summed E-state index contributed by atoms with van der Waals surface area (Å²) >= 11 is 1.63. The van der Waals surface area contributed by atoms with E-state index in [0.29, 0.717) is 36.0 Å². The highest BCUT2D eigenvalue weighted by molar-refractivity contribution is 7.13. The number of nitrogen functional groups attached to an aromatic ring is 1. The zero-order valence-corrected chi connectivity index (χ0v) is 22.6. The minimum atomic E-state index is -0.325. The van der Waals surface area contributed by atoms with E-state index in [0.717, 1.165) is 49.5 Å². The Morgan fingerprint density at radius 3 is 2.34 bits per heavy atom. The number of likely N-dealkylation sites (tertiary alicyclic amines) is 1. The molecule has 0 spiro atoms. The highest BCUT2D eigenvalue weighted by atomic mass is 32.1. The number of amides is 3. The average molecular weight is 535 g/mol. The Labute approximate surface area is 226 Å². The van der Waals surface area contributed by atoms with Crippen molar-refractivity contribution in [2.24, 2.45) is 0 Å². The SMILES string of the molecule is CN1CCN(C(=O)N2CCC(C)(Nc3ncc(C(=O)Nc4cc(-c5cccs5)ccc4N)cn3)CC2)CC1. The number of likely N-dealkylation sites (N-methyl/N-ethyl adjacent to an activating group) is 1. The van der Waals surface area contributed by atoms with Gasteiger partial charge < -0.3 is 31.1 Å². The number of benzene rings is 1. The molecule has 1 aromatic carbocycles. The molecule has 3 amide bonds. The summed E-state index contributed by atoms with van der Waals surface area (Å²) in [6.45, 7) is 6.88. The molecule has 5 rings (SSSR count). The summed E-state index contributed by atoms with van der Waals surface area (Å²) in [6.07, 6.45) is 4.61. The molecule has 3 aromatic rings. The lowest BCUT2D eigenvalue weighted by molar-refractivity contribution is 0.102. The molecule has 2 aliphatic heterocycles. The number of hydrogen-bond acceptors (Lipinski definition) is 8. The molecule has 0 saturated carbocycles. The summed E-state index contributed by atoms with van der Waals surface area (Å²) in [5.41, 5.74) is 8.24. The number of rotatable bonds is 5. The van der Waals surface area contributed by atoms with Crippen LogP contribution in [-0.2, 0) is 0 Å². The molecule has 0 unspecified atom stereocenters. The van der Waals surface area contributed by atoms with Crippen molar-refractivity contribution in [1.29, 1.82) is 0 Å². The largest absolute Gasteiger partial charge is 0.397 e. The van der Waals surface area contributed by atoms with Crippen LogP contribution in [0.4, 0.5) is 22.1 Å². The van der Waals surface area contributed by atoms with Crippen molar-refractivity contribution in [3.8, 4) is 10.4 Å². The molecule has 200 valence electrons. The maximum absolute atomic E-state index is 12.9. The van der Waals surface area contributed by atoms with Gasteiger partial charge >= 0.3 is 6.03 Å². The molecule has 4 N–H and O–H groups in total. The van der Waals surface area contributed by atoms with Gasteiger partial charge in [0, 0.05) is 62.1 Å². The predicted molar refractivity (Wildman–Crippen MR) is 151 cm³/mol. The van der Waals surface area contributed by atoms with Crippen LogP contribution in [0.15, 0.2) is 48.1 Å². The minimum Gasteiger partial charge on any atom is -0.397 e. The van der Waals surface area contributed by atoms with Crippen LogP contribution in [0.3, 0.4) is 0 Å². The van der Waals surface area contributed by atoms with E-state index in [1.54, 1.807) is 17.4 Å². The molecule has 2 saturated heterocycles. The Hall–Kier alpha value is -3.70. The van der Waals surface area contributed by atoms with Gasteiger partial charge in [0.2, 0.25) is 5.95 Å². The Kier molecular flexibility index (Phi) is 7.48. The van der Waals surface area contributed by atoms with Gasteiger partial charge in [-0.15, -0.1) is 11.3 Å². The highest BCUT2D eigenvalue weighted by Gasteiger charge is 2.34. The maximum Gasteiger partial charge on any atom is 0.320 e. The van der Waals surface area contributed by atoms with E-state index in [2.05, 4.69) is 39.5 Å². The number of carbonyl (C=O) groups excluding carboxylic acids is 2. The van der Waals surface area contributed by atoms with Crippen LogP contribution in [0.2, 0.25) is 0 Å². The van der Waals surface area contributed by atoms with Gasteiger partial charge in [-0.3, -0.25) is 4.79 Å². The molecule has 2 fully saturated rings. The first-order valence-corrected chi connectivity index (χ1v) is 13.7. The van der Waals surface area contributed by atoms with E-state index >= 15 is 0 Å². The number of nitrogens with zero attached hydrogens (tertiary/aromatic N) is 5. The average Bonchev–Trinajstić information content (AvgIpc) is 3.46. The third-order valence-corrected chi connectivity index (χ3v) is 8.27. The number of thiophene rings is 1. The standard InChI is InChI=1S/C27H34N8O2S/c1-27(7-9-34(10-8-27)26(37)35-13-11-33(2)12-14-35)32-25-29-17-20(18-30-25)24(36)31-22-16-19(5-6-21(22)28)23-4-3-15-38-23/h3-6,15-18H,7-14,28H2,1-2H3,(H,31,36)(H,29,30,32). The first-order chi connectivity index (χ1) is 18.3. The molecule has 10 nitrogen and oxygen atoms in total. The molecular formula is C27H34N8O2S. The van der Waals surface area contributed by atoms with Crippen molar-refractivity contribution in [1.82, 2.24) is 24.7 Å². The van der Waals surface area contributed by atoms with Gasteiger partial charge in [-0.1, -0.05) is 12.1 Å². The number of urea groups is 1. The lowest BCUT2D eigenvalue weighted by Crippen LogP contribution is -2.56. The molecule has 2 aromatic heterocycles. The van der Waals surface area contributed by atoms with Gasteiger partial charge in [-0.2, -0.15) is 0 Å². The number of piperazine rings is 1. The van der Waals surface area contributed by atoms with Crippen LogP contribution in [0.25, 0.3) is 10.4 Å². The predicted octanol–water partition coefficient (Wildman–Crippen LogP) is 3.67. The minimum absolute atomic E-state index is 0.133. The van der Waals surface area contributed by atoms with Gasteiger partial charge in [0.25, 0.3) is 5.91 Å². The molecule has 38 heavy (non-hydrogen) atoms. The zero-order valence-electron chi connectivity index (χ0n) is 21.8. The number of hydrogen-bond donors (Lipinski definition) is 3. The van der Waals surface area contributed by atoms with E-state index in [1.807, 2.05) is 39.4 Å². The molecule has 2 aliphatic rings. The van der Waals surface area contributed by atoms with Crippen molar-refractivity contribution in [2.45, 2.75) is 25.3 Å². The van der Waals surface area contributed by atoms with Gasteiger partial charge in [0.1, 0.15) is 0 Å². The first-order valence-electron chi connectivity index (χ1n) is 12.9. The van der Waals surface area contributed by atoms with E-state index in [4.69, 9.17) is 5.73 Å². The van der Waals surface area contributed by atoms with Crippen molar-refractivity contribution in [3.05, 3.63) is 53.7 Å². The Balaban J connectivity index is 1.16. The molecule has 0 aliphatic carbocycles. The molecule has 4 heterocycles. The fourth-order valence-electron chi connectivity index (χ4n) is 4.75. The number of carbonyl (C=O) groups is 2. The normalized spacial score (nSPS) is 17.7. The summed E-state index contributed by atoms with van der Waals surface area (Å²) in [6, 6.07) is 9.74. The number of aromatic nitrogens is 2. The van der Waals surface area contributed by atoms with Crippen molar-refractivity contribution in [3.63, 3.8) is 0 Å². The number of anilines is 3. The molecule has 11 heteroatoms. The summed E-state index contributed by atoms with van der Waals surface area (Å²) < 4.78 is 0. The molecular weight excluding hydrogens is 500 g/mol. The lowest BCUT2D eigenvalue weighted by atomic mass is 9.90. The topological polar surface area (TPSA) is 120 Å². The van der Waals surface area contributed by atoms with Crippen LogP contribution in [0, 0.1) is 0 Å². The van der Waals surface area contributed by atoms with Crippen molar-refractivity contribution >= 4 is 40.6 Å². The van der Waals surface area contributed by atoms with Crippen LogP contribution in [0.5, 0.6) is 0 Å². The van der Waals surface area contributed by atoms with Crippen LogP contribution < -0.4 is 16.4 Å². The van der Waals surface area contributed by atoms with Gasteiger partial charge in [0.15, 0.2) is 0 Å². The summed E-state index contributed by atoms with van der Waals surface area (Å²) in [5, 5.41) is 8.31. The first kappa shape index (κ1) is 25.9. The quantitative estimate of drug-likeness (QED) is 0.427. The second kappa shape index (κ2) is 11.0. The van der Waals surface area contributed by atoms with Gasteiger partial charge in [-0.05, 0) is 56.0 Å². The van der Waals surface area contributed by atoms with E-state index < -0.39 is 0 Å². The smallest absolute Gasteiger partial charge is 0.320 e. The Morgan fingerprint density at radius 1 is 1.00 bits per heavy atom. The zero-order chi connectivity index (χ0) is 26.7. The maximum atomic E-state index is 12.9. The molecule has 0 bridgehead atoms.